The van der Waals surface area contributed by atoms with Crippen LogP contribution in [-0.2, 0) is 14.2 Å². The lowest BCUT2D eigenvalue weighted by Gasteiger charge is -2.14. The number of rotatable bonds is 12. The van der Waals surface area contributed by atoms with E-state index in [0.29, 0.717) is 39.1 Å². The molecule has 0 aliphatic carbocycles. The molecule has 0 saturated carbocycles. The van der Waals surface area contributed by atoms with Gasteiger partial charge in [0, 0.05) is 25.1 Å². The topological polar surface area (TPSA) is 39.7 Å². The average Bonchev–Trinajstić information content (AvgIpc) is 2.26. The van der Waals surface area contributed by atoms with Crippen LogP contribution >= 0.6 is 11.6 Å². The summed E-state index contributed by atoms with van der Waals surface area (Å²) >= 11 is 5.90. The van der Waals surface area contributed by atoms with Gasteiger partial charge in [0.2, 0.25) is 0 Å². The lowest BCUT2D eigenvalue weighted by Crippen LogP contribution is -2.31. The molecule has 1 N–H and O–H groups in total. The number of hydrogen-bond acceptors (Lipinski definition) is 4. The SMILES string of the molecule is COCCOCCOCCNC(C)CC(C)Cl. The Hall–Kier alpha value is 0.130. The zero-order valence-corrected chi connectivity index (χ0v) is 12.0. The van der Waals surface area contributed by atoms with Gasteiger partial charge in [0.25, 0.3) is 0 Å². The second kappa shape index (κ2) is 12.6. The fourth-order valence-electron chi connectivity index (χ4n) is 1.41. The summed E-state index contributed by atoms with van der Waals surface area (Å²) in [5.74, 6) is 0. The summed E-state index contributed by atoms with van der Waals surface area (Å²) in [5.41, 5.74) is 0. The Kier molecular flexibility index (Phi) is 12.7. The molecule has 0 aromatic carbocycles. The van der Waals surface area contributed by atoms with Gasteiger partial charge in [-0.1, -0.05) is 0 Å². The molecule has 0 saturated heterocycles. The summed E-state index contributed by atoms with van der Waals surface area (Å²) in [6.45, 7) is 8.21. The van der Waals surface area contributed by atoms with Gasteiger partial charge in [-0.2, -0.15) is 0 Å². The Bertz CT molecular complexity index is 159. The lowest BCUT2D eigenvalue weighted by atomic mass is 10.2. The van der Waals surface area contributed by atoms with Crippen LogP contribution < -0.4 is 5.32 Å². The summed E-state index contributed by atoms with van der Waals surface area (Å²) in [6.07, 6.45) is 0.974. The molecule has 0 aliphatic heterocycles. The van der Waals surface area contributed by atoms with Gasteiger partial charge in [-0.3, -0.25) is 0 Å². The van der Waals surface area contributed by atoms with E-state index >= 15 is 0 Å². The Balaban J connectivity index is 3.07. The molecule has 17 heavy (non-hydrogen) atoms. The van der Waals surface area contributed by atoms with Crippen LogP contribution in [0.4, 0.5) is 0 Å². The molecular formula is C12H26ClNO3. The molecule has 0 rings (SSSR count). The molecule has 0 spiro atoms. The third-order valence-corrected chi connectivity index (χ3v) is 2.40. The van der Waals surface area contributed by atoms with Crippen LogP contribution in [0.25, 0.3) is 0 Å². The van der Waals surface area contributed by atoms with E-state index in [1.807, 2.05) is 6.92 Å². The van der Waals surface area contributed by atoms with Crippen molar-refractivity contribution in [3.63, 3.8) is 0 Å². The minimum Gasteiger partial charge on any atom is -0.382 e. The quantitative estimate of drug-likeness (QED) is 0.431. The molecule has 0 fully saturated rings. The monoisotopic (exact) mass is 267 g/mol. The fourth-order valence-corrected chi connectivity index (χ4v) is 1.68. The molecule has 0 aliphatic rings. The van der Waals surface area contributed by atoms with Gasteiger partial charge in [0.05, 0.1) is 33.0 Å². The number of alkyl halides is 1. The Morgan fingerprint density at radius 3 is 2.18 bits per heavy atom. The maximum Gasteiger partial charge on any atom is 0.0701 e. The first-order valence-corrected chi connectivity index (χ1v) is 6.62. The van der Waals surface area contributed by atoms with Gasteiger partial charge in [-0.25, -0.2) is 0 Å². The largest absolute Gasteiger partial charge is 0.382 e. The van der Waals surface area contributed by atoms with E-state index in [1.165, 1.54) is 0 Å². The molecule has 0 aromatic rings. The maximum absolute atomic E-state index is 5.90. The smallest absolute Gasteiger partial charge is 0.0701 e. The standard InChI is InChI=1S/C12H26ClNO3/c1-11(13)10-12(2)14-4-5-16-8-9-17-7-6-15-3/h11-12,14H,4-10H2,1-3H3. The van der Waals surface area contributed by atoms with Crippen LogP contribution in [0.15, 0.2) is 0 Å². The molecule has 2 atom stereocenters. The summed E-state index contributed by atoms with van der Waals surface area (Å²) < 4.78 is 15.5. The van der Waals surface area contributed by atoms with Gasteiger partial charge in [0.1, 0.15) is 0 Å². The highest BCUT2D eigenvalue weighted by Crippen LogP contribution is 2.03. The molecule has 0 aromatic heterocycles. The molecule has 104 valence electrons. The number of ether oxygens (including phenoxy) is 3. The first kappa shape index (κ1) is 17.1. The highest BCUT2D eigenvalue weighted by atomic mass is 35.5. The highest BCUT2D eigenvalue weighted by molar-refractivity contribution is 6.20. The number of halogens is 1. The van der Waals surface area contributed by atoms with Crippen molar-refractivity contribution >= 4 is 11.6 Å². The molecule has 0 radical (unpaired) electrons. The molecule has 5 heteroatoms. The van der Waals surface area contributed by atoms with E-state index in [1.54, 1.807) is 7.11 Å². The summed E-state index contributed by atoms with van der Waals surface area (Å²) in [6, 6.07) is 0.434. The summed E-state index contributed by atoms with van der Waals surface area (Å²) in [4.78, 5) is 0. The van der Waals surface area contributed by atoms with Crippen molar-refractivity contribution in [2.45, 2.75) is 31.7 Å². The summed E-state index contributed by atoms with van der Waals surface area (Å²) in [5, 5.41) is 3.57. The van der Waals surface area contributed by atoms with Gasteiger partial charge in [-0.15, -0.1) is 11.6 Å². The Morgan fingerprint density at radius 2 is 1.59 bits per heavy atom. The van der Waals surface area contributed by atoms with Gasteiger partial charge in [0.15, 0.2) is 0 Å². The summed E-state index contributed by atoms with van der Waals surface area (Å²) in [7, 11) is 1.66. The average molecular weight is 268 g/mol. The first-order valence-electron chi connectivity index (χ1n) is 6.18. The van der Waals surface area contributed by atoms with Crippen molar-refractivity contribution in [1.29, 1.82) is 0 Å². The maximum atomic E-state index is 5.90. The zero-order valence-electron chi connectivity index (χ0n) is 11.2. The predicted molar refractivity (Wildman–Crippen MR) is 70.9 cm³/mol. The molecule has 0 bridgehead atoms. The number of nitrogens with one attached hydrogen (secondary N) is 1. The molecule has 0 heterocycles. The lowest BCUT2D eigenvalue weighted by molar-refractivity contribution is 0.0252. The zero-order chi connectivity index (χ0) is 12.9. The normalized spacial score (nSPS) is 14.8. The Labute approximate surface area is 110 Å². The van der Waals surface area contributed by atoms with Crippen LogP contribution in [0.3, 0.4) is 0 Å². The van der Waals surface area contributed by atoms with Crippen molar-refractivity contribution in [2.75, 3.05) is 46.7 Å². The van der Waals surface area contributed by atoms with Crippen LogP contribution in [0, 0.1) is 0 Å². The molecular weight excluding hydrogens is 242 g/mol. The highest BCUT2D eigenvalue weighted by Gasteiger charge is 2.04. The van der Waals surface area contributed by atoms with Gasteiger partial charge < -0.3 is 19.5 Å². The third kappa shape index (κ3) is 14.1. The predicted octanol–water partition coefficient (Wildman–Crippen LogP) is 1.66. The second-order valence-electron chi connectivity index (χ2n) is 4.09. The minimum atomic E-state index is 0.215. The van der Waals surface area contributed by atoms with Crippen molar-refractivity contribution < 1.29 is 14.2 Å². The molecule has 4 nitrogen and oxygen atoms in total. The van der Waals surface area contributed by atoms with E-state index < -0.39 is 0 Å². The second-order valence-corrected chi connectivity index (χ2v) is 4.83. The van der Waals surface area contributed by atoms with E-state index in [-0.39, 0.29) is 5.38 Å². The van der Waals surface area contributed by atoms with Crippen molar-refractivity contribution in [3.8, 4) is 0 Å². The minimum absolute atomic E-state index is 0.215. The van der Waals surface area contributed by atoms with Crippen molar-refractivity contribution in [1.82, 2.24) is 5.32 Å². The van der Waals surface area contributed by atoms with Crippen LogP contribution in [0.5, 0.6) is 0 Å². The van der Waals surface area contributed by atoms with Crippen molar-refractivity contribution in [3.05, 3.63) is 0 Å². The Morgan fingerprint density at radius 1 is 1.00 bits per heavy atom. The van der Waals surface area contributed by atoms with E-state index in [0.717, 1.165) is 13.0 Å². The first-order chi connectivity index (χ1) is 8.16. The molecule has 0 amide bonds. The van der Waals surface area contributed by atoms with Crippen LogP contribution in [-0.4, -0.2) is 58.1 Å². The fraction of sp³-hybridized carbons (Fsp3) is 1.00. The number of hydrogen-bond donors (Lipinski definition) is 1. The van der Waals surface area contributed by atoms with Crippen molar-refractivity contribution in [2.24, 2.45) is 0 Å². The van der Waals surface area contributed by atoms with E-state index in [2.05, 4.69) is 12.2 Å². The van der Waals surface area contributed by atoms with E-state index in [4.69, 9.17) is 25.8 Å². The van der Waals surface area contributed by atoms with Crippen LogP contribution in [0.1, 0.15) is 20.3 Å². The molecule has 2 unspecified atom stereocenters. The van der Waals surface area contributed by atoms with Gasteiger partial charge >= 0.3 is 0 Å². The third-order valence-electron chi connectivity index (χ3n) is 2.22. The van der Waals surface area contributed by atoms with Gasteiger partial charge in [-0.05, 0) is 20.3 Å². The number of methoxy groups -OCH3 is 1. The van der Waals surface area contributed by atoms with Crippen LogP contribution in [0.2, 0.25) is 0 Å². The van der Waals surface area contributed by atoms with E-state index in [9.17, 15) is 0 Å².